The third kappa shape index (κ3) is 3.11. The number of hydrogen-bond donors (Lipinski definition) is 1. The molecule has 1 heterocycles. The first kappa shape index (κ1) is 13.5. The lowest BCUT2D eigenvalue weighted by molar-refractivity contribution is 0.887. The van der Waals surface area contributed by atoms with E-state index in [1.165, 1.54) is 0 Å². The van der Waals surface area contributed by atoms with Crippen LogP contribution in [0.5, 0.6) is 0 Å². The first-order valence-electron chi connectivity index (χ1n) is 5.99. The number of hydrogen-bond acceptors (Lipinski definition) is 5. The van der Waals surface area contributed by atoms with E-state index in [0.717, 1.165) is 22.0 Å². The lowest BCUT2D eigenvalue weighted by atomic mass is 10.1. The number of anilines is 1. The number of rotatable bonds is 4. The highest BCUT2D eigenvalue weighted by Gasteiger charge is 2.10. The SMILES string of the molecule is Cc1nc(CN(C)c2ccc(CN)cc2C#N)cs1. The number of thiazole rings is 1. The van der Waals surface area contributed by atoms with Gasteiger partial charge in [0, 0.05) is 19.0 Å². The van der Waals surface area contributed by atoms with Gasteiger partial charge in [0.15, 0.2) is 0 Å². The molecule has 0 atom stereocenters. The highest BCUT2D eigenvalue weighted by Crippen LogP contribution is 2.22. The predicted octanol–water partition coefficient (Wildman–Crippen LogP) is 2.42. The van der Waals surface area contributed by atoms with Gasteiger partial charge in [-0.3, -0.25) is 0 Å². The molecule has 0 saturated heterocycles. The number of benzene rings is 1. The molecular formula is C14H16N4S. The molecule has 0 bridgehead atoms. The minimum atomic E-state index is 0.448. The van der Waals surface area contributed by atoms with Gasteiger partial charge >= 0.3 is 0 Å². The Balaban J connectivity index is 2.23. The van der Waals surface area contributed by atoms with Crippen LogP contribution in [0.1, 0.15) is 21.8 Å². The average Bonchev–Trinajstić information content (AvgIpc) is 2.83. The summed E-state index contributed by atoms with van der Waals surface area (Å²) in [5.41, 5.74) is 9.15. The van der Waals surface area contributed by atoms with Gasteiger partial charge in [-0.25, -0.2) is 4.98 Å². The third-order valence-corrected chi connectivity index (χ3v) is 3.72. The van der Waals surface area contributed by atoms with E-state index in [2.05, 4.69) is 11.1 Å². The van der Waals surface area contributed by atoms with E-state index in [9.17, 15) is 5.26 Å². The molecule has 0 aliphatic carbocycles. The zero-order valence-electron chi connectivity index (χ0n) is 11.1. The summed E-state index contributed by atoms with van der Waals surface area (Å²) >= 11 is 1.64. The van der Waals surface area contributed by atoms with Crippen molar-refractivity contribution >= 4 is 17.0 Å². The Morgan fingerprint density at radius 3 is 2.84 bits per heavy atom. The normalized spacial score (nSPS) is 10.2. The summed E-state index contributed by atoms with van der Waals surface area (Å²) in [4.78, 5) is 6.47. The molecule has 5 heteroatoms. The molecule has 2 N–H and O–H groups in total. The van der Waals surface area contributed by atoms with E-state index in [1.807, 2.05) is 42.5 Å². The van der Waals surface area contributed by atoms with Crippen LogP contribution >= 0.6 is 11.3 Å². The van der Waals surface area contributed by atoms with Crippen molar-refractivity contribution in [3.8, 4) is 6.07 Å². The Bertz CT molecular complexity index is 612. The molecule has 0 unspecified atom stereocenters. The second kappa shape index (κ2) is 5.83. The second-order valence-electron chi connectivity index (χ2n) is 4.38. The van der Waals surface area contributed by atoms with E-state index in [4.69, 9.17) is 5.73 Å². The summed E-state index contributed by atoms with van der Waals surface area (Å²) in [7, 11) is 1.97. The summed E-state index contributed by atoms with van der Waals surface area (Å²) in [6, 6.07) is 7.97. The quantitative estimate of drug-likeness (QED) is 0.928. The van der Waals surface area contributed by atoms with Crippen LogP contribution in [0.4, 0.5) is 5.69 Å². The van der Waals surface area contributed by atoms with Crippen LogP contribution in [0.15, 0.2) is 23.6 Å². The minimum Gasteiger partial charge on any atom is -0.368 e. The Hall–Kier alpha value is -1.90. The van der Waals surface area contributed by atoms with Gasteiger partial charge in [-0.05, 0) is 24.6 Å². The first-order chi connectivity index (χ1) is 9.13. The van der Waals surface area contributed by atoms with Crippen molar-refractivity contribution in [2.75, 3.05) is 11.9 Å². The molecule has 2 aromatic rings. The number of nitriles is 1. The van der Waals surface area contributed by atoms with Gasteiger partial charge in [-0.1, -0.05) is 6.07 Å². The summed E-state index contributed by atoms with van der Waals surface area (Å²) in [6.45, 7) is 3.13. The van der Waals surface area contributed by atoms with Crippen molar-refractivity contribution in [3.63, 3.8) is 0 Å². The van der Waals surface area contributed by atoms with E-state index >= 15 is 0 Å². The van der Waals surface area contributed by atoms with Crippen LogP contribution < -0.4 is 10.6 Å². The maximum absolute atomic E-state index is 9.23. The molecule has 0 aliphatic heterocycles. The fourth-order valence-corrected chi connectivity index (χ4v) is 2.55. The van der Waals surface area contributed by atoms with Crippen LogP contribution in [0.3, 0.4) is 0 Å². The van der Waals surface area contributed by atoms with E-state index < -0.39 is 0 Å². The molecule has 1 aromatic carbocycles. The summed E-state index contributed by atoms with van der Waals surface area (Å²) in [6.07, 6.45) is 0. The lowest BCUT2D eigenvalue weighted by Crippen LogP contribution is -2.18. The van der Waals surface area contributed by atoms with Crippen molar-refractivity contribution in [1.82, 2.24) is 4.98 Å². The van der Waals surface area contributed by atoms with Gasteiger partial charge in [0.1, 0.15) is 6.07 Å². The first-order valence-corrected chi connectivity index (χ1v) is 6.87. The smallest absolute Gasteiger partial charge is 0.101 e. The lowest BCUT2D eigenvalue weighted by Gasteiger charge is -2.19. The van der Waals surface area contributed by atoms with Gasteiger partial charge in [0.25, 0.3) is 0 Å². The second-order valence-corrected chi connectivity index (χ2v) is 5.44. The number of aromatic nitrogens is 1. The van der Waals surface area contributed by atoms with E-state index in [1.54, 1.807) is 11.3 Å². The van der Waals surface area contributed by atoms with Crippen molar-refractivity contribution in [2.45, 2.75) is 20.0 Å². The standard InChI is InChI=1S/C14H16N4S/c1-10-17-13(9-19-10)8-18(2)14-4-3-11(6-15)5-12(14)7-16/h3-5,9H,6,8,15H2,1-2H3. The molecule has 98 valence electrons. The van der Waals surface area contributed by atoms with Gasteiger partial charge in [0.2, 0.25) is 0 Å². The number of nitrogens with two attached hydrogens (primary N) is 1. The van der Waals surface area contributed by atoms with Crippen molar-refractivity contribution in [1.29, 1.82) is 5.26 Å². The molecule has 0 amide bonds. The highest BCUT2D eigenvalue weighted by atomic mass is 32.1. The van der Waals surface area contributed by atoms with Crippen molar-refractivity contribution in [2.24, 2.45) is 5.73 Å². The molecule has 0 saturated carbocycles. The van der Waals surface area contributed by atoms with Crippen LogP contribution in [0, 0.1) is 18.3 Å². The van der Waals surface area contributed by atoms with Gasteiger partial charge in [-0.15, -0.1) is 11.3 Å². The van der Waals surface area contributed by atoms with Gasteiger partial charge in [-0.2, -0.15) is 5.26 Å². The minimum absolute atomic E-state index is 0.448. The zero-order chi connectivity index (χ0) is 13.8. The maximum Gasteiger partial charge on any atom is 0.101 e. The molecule has 0 spiro atoms. The molecule has 0 fully saturated rings. The molecule has 19 heavy (non-hydrogen) atoms. The van der Waals surface area contributed by atoms with Crippen LogP contribution in [0.25, 0.3) is 0 Å². The zero-order valence-corrected chi connectivity index (χ0v) is 11.9. The fourth-order valence-electron chi connectivity index (χ4n) is 1.94. The monoisotopic (exact) mass is 272 g/mol. The van der Waals surface area contributed by atoms with Crippen LogP contribution in [0.2, 0.25) is 0 Å². The Kier molecular flexibility index (Phi) is 4.15. The number of aryl methyl sites for hydroxylation is 1. The van der Waals surface area contributed by atoms with E-state index in [-0.39, 0.29) is 0 Å². The fraction of sp³-hybridized carbons (Fsp3) is 0.286. The average molecular weight is 272 g/mol. The Labute approximate surface area is 117 Å². The van der Waals surface area contributed by atoms with Crippen molar-refractivity contribution in [3.05, 3.63) is 45.4 Å². The third-order valence-electron chi connectivity index (χ3n) is 2.89. The molecular weight excluding hydrogens is 256 g/mol. The molecule has 0 radical (unpaired) electrons. The van der Waals surface area contributed by atoms with Gasteiger partial charge in [0.05, 0.1) is 28.5 Å². The molecule has 1 aromatic heterocycles. The molecule has 0 aliphatic rings. The largest absolute Gasteiger partial charge is 0.368 e. The Morgan fingerprint density at radius 1 is 1.47 bits per heavy atom. The van der Waals surface area contributed by atoms with Gasteiger partial charge < -0.3 is 10.6 Å². The van der Waals surface area contributed by atoms with Crippen LogP contribution in [-0.4, -0.2) is 12.0 Å². The topological polar surface area (TPSA) is 65.9 Å². The summed E-state index contributed by atoms with van der Waals surface area (Å²) in [5.74, 6) is 0. The molecule has 4 nitrogen and oxygen atoms in total. The maximum atomic E-state index is 9.23. The Morgan fingerprint density at radius 2 is 2.26 bits per heavy atom. The van der Waals surface area contributed by atoms with Crippen molar-refractivity contribution < 1.29 is 0 Å². The predicted molar refractivity (Wildman–Crippen MR) is 78.0 cm³/mol. The number of nitrogens with zero attached hydrogens (tertiary/aromatic N) is 3. The summed E-state index contributed by atoms with van der Waals surface area (Å²) in [5, 5.41) is 12.3. The summed E-state index contributed by atoms with van der Waals surface area (Å²) < 4.78 is 0. The van der Waals surface area contributed by atoms with Crippen LogP contribution in [-0.2, 0) is 13.1 Å². The molecule has 2 rings (SSSR count). The highest BCUT2D eigenvalue weighted by molar-refractivity contribution is 7.09. The van der Waals surface area contributed by atoms with E-state index in [0.29, 0.717) is 18.7 Å².